The monoisotopic (exact) mass is 384 g/mol. The molecule has 1 heterocycles. The Hall–Kier alpha value is 1.24. The fraction of sp³-hybridized carbons (Fsp3) is 0.875. The first kappa shape index (κ1) is 12.7. The summed E-state index contributed by atoms with van der Waals surface area (Å²) in [6.07, 6.45) is 1.08. The molecule has 0 radical (unpaired) electrons. The number of hydrogen-bond donors (Lipinski definition) is 1. The molecular formula is C8H17IO3P2S. The second-order valence-electron chi connectivity index (χ2n) is 3.55. The summed E-state index contributed by atoms with van der Waals surface area (Å²) in [6, 6.07) is 0. The van der Waals surface area contributed by atoms with E-state index in [4.69, 9.17) is 10.6 Å². The lowest BCUT2D eigenvalue weighted by atomic mass is 10.2. The normalized spacial score (nSPS) is 35.3. The SMILES string of the molecule is [3H]S(=P)(P)(I)C1C[C@@H](CC)OC1OC(C)=O. The van der Waals surface area contributed by atoms with Crippen LogP contribution in [0.2, 0.25) is 0 Å². The third-order valence-corrected chi connectivity index (χ3v) is 7.52. The smallest absolute Gasteiger partial charge is 0.304 e. The number of rotatable bonds is 3. The summed E-state index contributed by atoms with van der Waals surface area (Å²) >= 11 is 2.08. The fourth-order valence-electron chi connectivity index (χ4n) is 1.53. The molecule has 0 N–H and O–H groups in total. The molecule has 0 aliphatic carbocycles. The number of carbonyl (C=O) groups excluding carboxylic acids is 1. The Morgan fingerprint density at radius 1 is 1.93 bits per heavy atom. The van der Waals surface area contributed by atoms with Crippen molar-refractivity contribution in [2.75, 3.05) is 0 Å². The van der Waals surface area contributed by atoms with Crippen LogP contribution < -0.4 is 0 Å². The zero-order valence-electron chi connectivity index (χ0n) is 9.73. The second-order valence-corrected chi connectivity index (χ2v) is 20.8. The maximum Gasteiger partial charge on any atom is 0.304 e. The lowest BCUT2D eigenvalue weighted by Crippen LogP contribution is -2.30. The molecule has 0 aromatic rings. The van der Waals surface area contributed by atoms with Gasteiger partial charge in [0.25, 0.3) is 0 Å². The molecule has 4 atom stereocenters. The van der Waals surface area contributed by atoms with Gasteiger partial charge in [-0.25, -0.2) is 0 Å². The first-order valence-electron chi connectivity index (χ1n) is 5.12. The molecule has 1 rings (SSSR count). The molecule has 0 aromatic carbocycles. The van der Waals surface area contributed by atoms with E-state index >= 15 is 0 Å². The Balaban J connectivity index is 2.89. The van der Waals surface area contributed by atoms with Crippen molar-refractivity contribution in [1.82, 2.24) is 0 Å². The van der Waals surface area contributed by atoms with E-state index in [2.05, 4.69) is 37.7 Å². The van der Waals surface area contributed by atoms with Crippen molar-refractivity contribution >= 4 is 49.5 Å². The molecule has 15 heavy (non-hydrogen) atoms. The quantitative estimate of drug-likeness (QED) is 0.352. The van der Waals surface area contributed by atoms with Gasteiger partial charge in [0.1, 0.15) is 0 Å². The molecule has 1 saturated heterocycles. The molecule has 0 spiro atoms. The van der Waals surface area contributed by atoms with Crippen LogP contribution in [0.3, 0.4) is 0 Å². The van der Waals surface area contributed by atoms with Crippen molar-refractivity contribution < 1.29 is 14.3 Å². The van der Waals surface area contributed by atoms with Gasteiger partial charge in [0.05, 0.1) is 12.5 Å². The van der Waals surface area contributed by atoms with Gasteiger partial charge in [0.15, 0.2) is 0 Å². The molecule has 90 valence electrons. The summed E-state index contributed by atoms with van der Waals surface area (Å²) in [5.74, 6) is -2.95. The predicted molar refractivity (Wildman–Crippen MR) is 79.9 cm³/mol. The number of carbonyl (C=O) groups is 1. The zero-order valence-corrected chi connectivity index (χ0v) is 13.9. The Morgan fingerprint density at radius 3 is 2.93 bits per heavy atom. The molecule has 7 heteroatoms. The van der Waals surface area contributed by atoms with Crippen LogP contribution in [0, 0.1) is 0 Å². The van der Waals surface area contributed by atoms with E-state index in [1.807, 2.05) is 6.92 Å². The molecule has 0 saturated carbocycles. The van der Waals surface area contributed by atoms with Gasteiger partial charge in [0.2, 0.25) is 6.29 Å². The fourth-order valence-corrected chi connectivity index (χ4v) is 5.16. The lowest BCUT2D eigenvalue weighted by molar-refractivity contribution is -0.172. The van der Waals surface area contributed by atoms with E-state index in [1.165, 1.54) is 6.92 Å². The summed E-state index contributed by atoms with van der Waals surface area (Å²) in [6.45, 7) is 3.39. The van der Waals surface area contributed by atoms with E-state index in [9.17, 15) is 4.79 Å². The van der Waals surface area contributed by atoms with Crippen LogP contribution in [0.25, 0.3) is 0 Å². The lowest BCUT2D eigenvalue weighted by Gasteiger charge is -2.26. The topological polar surface area (TPSA) is 35.5 Å². The van der Waals surface area contributed by atoms with Gasteiger partial charge in [-0.15, -0.1) is 0 Å². The number of ether oxygens (including phenoxy) is 2. The number of esters is 1. The molecular weight excluding hydrogens is 365 g/mol. The van der Waals surface area contributed by atoms with Crippen LogP contribution in [0.15, 0.2) is 0 Å². The van der Waals surface area contributed by atoms with E-state index < -0.39 is 12.2 Å². The van der Waals surface area contributed by atoms with Crippen molar-refractivity contribution in [2.45, 2.75) is 44.3 Å². The van der Waals surface area contributed by atoms with Gasteiger partial charge >= 0.3 is 5.97 Å². The Labute approximate surface area is 109 Å². The maximum atomic E-state index is 11.0. The van der Waals surface area contributed by atoms with Crippen LogP contribution >= 0.6 is 37.7 Å². The Kier molecular flexibility index (Phi) is 4.84. The summed E-state index contributed by atoms with van der Waals surface area (Å²) in [5, 5.41) is -0.117. The summed E-state index contributed by atoms with van der Waals surface area (Å²) < 4.78 is 19.1. The second kappa shape index (κ2) is 5.72. The van der Waals surface area contributed by atoms with E-state index in [1.54, 1.807) is 0 Å². The van der Waals surface area contributed by atoms with Crippen LogP contribution in [0.5, 0.6) is 0 Å². The molecule has 3 unspecified atom stereocenters. The average molecular weight is 384 g/mol. The number of thiol groups is 1. The van der Waals surface area contributed by atoms with Crippen LogP contribution in [0.1, 0.15) is 26.7 Å². The van der Waals surface area contributed by atoms with Crippen LogP contribution in [-0.4, -0.2) is 24.7 Å². The zero-order chi connectivity index (χ0) is 12.6. The highest BCUT2D eigenvalue weighted by atomic mass is 127. The first-order chi connectivity index (χ1) is 7.10. The Bertz CT molecular complexity index is 348. The molecule has 0 aromatic heterocycles. The summed E-state index contributed by atoms with van der Waals surface area (Å²) in [4.78, 5) is 11.0. The van der Waals surface area contributed by atoms with Crippen molar-refractivity contribution in [1.29, 1.82) is 1.12 Å². The van der Waals surface area contributed by atoms with Crippen LogP contribution in [-0.2, 0) is 20.2 Å². The van der Waals surface area contributed by atoms with Gasteiger partial charge in [0, 0.05) is 6.92 Å². The first-order valence-corrected chi connectivity index (χ1v) is 11.7. The van der Waals surface area contributed by atoms with E-state index in [-0.39, 0.29) is 17.3 Å². The molecule has 1 fully saturated rings. The van der Waals surface area contributed by atoms with Crippen molar-refractivity contribution in [3.63, 3.8) is 0 Å². The summed E-state index contributed by atoms with van der Waals surface area (Å²) in [7, 11) is 6.05. The largest absolute Gasteiger partial charge is 0.435 e. The van der Waals surface area contributed by atoms with E-state index in [0.29, 0.717) is 0 Å². The molecule has 0 amide bonds. The number of hydrogen-bond acceptors (Lipinski definition) is 3. The molecule has 1 aliphatic rings. The van der Waals surface area contributed by atoms with Crippen LogP contribution in [0.4, 0.5) is 0 Å². The van der Waals surface area contributed by atoms with Gasteiger partial charge in [-0.05, 0) is 34.0 Å². The Morgan fingerprint density at radius 2 is 2.53 bits per heavy atom. The standard InChI is InChI=1S/C8H17IO3P2S/c1-3-6-4-7(15(9,13)14)8(12-6)11-5(2)10/h6-8,13,15H,3-4,14H2,1-2H3/t6-,7?,8?/m1/s1/i15T. The highest BCUT2D eigenvalue weighted by Gasteiger charge is 2.39. The average Bonchev–Trinajstić information content (AvgIpc) is 2.44. The minimum atomic E-state index is -2.59. The minimum Gasteiger partial charge on any atom is -0.435 e. The molecule has 1 aliphatic heterocycles. The van der Waals surface area contributed by atoms with Gasteiger partial charge in [-0.2, -0.15) is 5.90 Å². The van der Waals surface area contributed by atoms with Crippen molar-refractivity contribution in [3.8, 4) is 0 Å². The van der Waals surface area contributed by atoms with Gasteiger partial charge in [-0.1, -0.05) is 23.4 Å². The van der Waals surface area contributed by atoms with E-state index in [0.717, 1.165) is 12.8 Å². The van der Waals surface area contributed by atoms with Gasteiger partial charge < -0.3 is 9.47 Å². The maximum absolute atomic E-state index is 11.0. The third kappa shape index (κ3) is 4.19. The highest BCUT2D eigenvalue weighted by Crippen LogP contribution is 2.43. The minimum absolute atomic E-state index is 0.0712. The van der Waals surface area contributed by atoms with Crippen molar-refractivity contribution in [3.05, 3.63) is 0 Å². The molecule has 3 nitrogen and oxygen atoms in total. The van der Waals surface area contributed by atoms with Crippen molar-refractivity contribution in [2.24, 2.45) is 0 Å². The number of halogens is 1. The highest BCUT2D eigenvalue weighted by molar-refractivity contribution is 14.2. The predicted octanol–water partition coefficient (Wildman–Crippen LogP) is 2.53. The summed E-state index contributed by atoms with van der Waals surface area (Å²) in [5.41, 5.74) is 0. The molecule has 0 bridgehead atoms. The van der Waals surface area contributed by atoms with Gasteiger partial charge in [-0.3, -0.25) is 4.79 Å². The third-order valence-electron chi connectivity index (χ3n) is 2.30.